The zero-order valence-corrected chi connectivity index (χ0v) is 15.8. The summed E-state index contributed by atoms with van der Waals surface area (Å²) in [5, 5.41) is 2.78. The van der Waals surface area contributed by atoms with Gasteiger partial charge in [0.05, 0.1) is 4.90 Å². The van der Waals surface area contributed by atoms with Gasteiger partial charge >= 0.3 is 0 Å². The largest absolute Gasteiger partial charge is 0.343 e. The Morgan fingerprint density at radius 3 is 2.11 bits per heavy atom. The van der Waals surface area contributed by atoms with Crippen molar-refractivity contribution in [1.82, 2.24) is 9.21 Å². The molecule has 0 unspecified atom stereocenters. The van der Waals surface area contributed by atoms with Gasteiger partial charge in [-0.2, -0.15) is 4.31 Å². The smallest absolute Gasteiger partial charge is 0.255 e. The van der Waals surface area contributed by atoms with E-state index in [2.05, 4.69) is 5.32 Å². The predicted octanol–water partition coefficient (Wildman–Crippen LogP) is 1.71. The SMILES string of the molecule is Cc1ccc(NC(=O)c2ccc(S(=O)(=O)N3CCN(C=O)CC3)cc2)cc1. The first-order chi connectivity index (χ1) is 12.9. The van der Waals surface area contributed by atoms with Crippen LogP contribution in [0.2, 0.25) is 0 Å². The molecule has 0 saturated carbocycles. The van der Waals surface area contributed by atoms with Crippen LogP contribution < -0.4 is 5.32 Å². The third-order valence-electron chi connectivity index (χ3n) is 4.49. The number of benzene rings is 2. The quantitative estimate of drug-likeness (QED) is 0.792. The molecule has 0 spiro atoms. The van der Waals surface area contributed by atoms with Crippen molar-refractivity contribution in [2.24, 2.45) is 0 Å². The van der Waals surface area contributed by atoms with Crippen molar-refractivity contribution in [3.05, 3.63) is 59.7 Å². The molecule has 2 aromatic rings. The maximum Gasteiger partial charge on any atom is 0.255 e. The van der Waals surface area contributed by atoms with Gasteiger partial charge in [0.25, 0.3) is 5.91 Å². The molecule has 7 nitrogen and oxygen atoms in total. The lowest BCUT2D eigenvalue weighted by Crippen LogP contribution is -2.47. The summed E-state index contributed by atoms with van der Waals surface area (Å²) in [5.74, 6) is -0.303. The molecule has 0 atom stereocenters. The van der Waals surface area contributed by atoms with Gasteiger partial charge in [-0.15, -0.1) is 0 Å². The van der Waals surface area contributed by atoms with Gasteiger partial charge in [-0.1, -0.05) is 17.7 Å². The molecule has 0 radical (unpaired) electrons. The zero-order chi connectivity index (χ0) is 19.4. The van der Waals surface area contributed by atoms with E-state index in [9.17, 15) is 18.0 Å². The van der Waals surface area contributed by atoms with Crippen LogP contribution in [0.15, 0.2) is 53.4 Å². The van der Waals surface area contributed by atoms with Crippen LogP contribution in [0.25, 0.3) is 0 Å². The van der Waals surface area contributed by atoms with E-state index in [0.717, 1.165) is 12.0 Å². The highest BCUT2D eigenvalue weighted by Gasteiger charge is 2.28. The Morgan fingerprint density at radius 2 is 1.56 bits per heavy atom. The topological polar surface area (TPSA) is 86.8 Å². The van der Waals surface area contributed by atoms with Crippen LogP contribution in [0.3, 0.4) is 0 Å². The molecule has 0 aliphatic carbocycles. The second-order valence-corrected chi connectivity index (χ2v) is 8.33. The van der Waals surface area contributed by atoms with Crippen molar-refractivity contribution < 1.29 is 18.0 Å². The Labute approximate surface area is 158 Å². The van der Waals surface area contributed by atoms with Crippen molar-refractivity contribution in [3.63, 3.8) is 0 Å². The van der Waals surface area contributed by atoms with Gasteiger partial charge in [-0.25, -0.2) is 8.42 Å². The minimum Gasteiger partial charge on any atom is -0.343 e. The molecule has 1 fully saturated rings. The summed E-state index contributed by atoms with van der Waals surface area (Å²) in [4.78, 5) is 24.8. The average molecular weight is 387 g/mol. The highest BCUT2D eigenvalue weighted by atomic mass is 32.2. The van der Waals surface area contributed by atoms with Crippen LogP contribution in [0.4, 0.5) is 5.69 Å². The van der Waals surface area contributed by atoms with Crippen LogP contribution in [0, 0.1) is 6.92 Å². The van der Waals surface area contributed by atoms with E-state index in [1.54, 1.807) is 4.90 Å². The maximum atomic E-state index is 12.7. The van der Waals surface area contributed by atoms with Crippen LogP contribution in [-0.4, -0.2) is 56.1 Å². The maximum absolute atomic E-state index is 12.7. The lowest BCUT2D eigenvalue weighted by atomic mass is 10.2. The number of anilines is 1. The van der Waals surface area contributed by atoms with Crippen LogP contribution in [0.1, 0.15) is 15.9 Å². The third kappa shape index (κ3) is 4.35. The normalized spacial score (nSPS) is 15.4. The van der Waals surface area contributed by atoms with Gasteiger partial charge in [0.15, 0.2) is 0 Å². The Morgan fingerprint density at radius 1 is 0.963 bits per heavy atom. The molecule has 1 aliphatic heterocycles. The molecule has 3 rings (SSSR count). The second kappa shape index (κ2) is 7.89. The standard InChI is InChI=1S/C19H21N3O4S/c1-15-2-6-17(7-3-15)20-19(24)16-4-8-18(9-5-16)27(25,26)22-12-10-21(14-23)11-13-22/h2-9,14H,10-13H2,1H3,(H,20,24). The molecule has 1 saturated heterocycles. The average Bonchev–Trinajstić information content (AvgIpc) is 2.70. The summed E-state index contributed by atoms with van der Waals surface area (Å²) in [6.45, 7) is 3.23. The molecular weight excluding hydrogens is 366 g/mol. The van der Waals surface area contributed by atoms with Gasteiger partial charge < -0.3 is 10.2 Å². The van der Waals surface area contributed by atoms with Crippen LogP contribution >= 0.6 is 0 Å². The molecule has 1 heterocycles. The number of amides is 2. The zero-order valence-electron chi connectivity index (χ0n) is 15.0. The van der Waals surface area contributed by atoms with Gasteiger partial charge in [0.1, 0.15) is 0 Å². The van der Waals surface area contributed by atoms with Gasteiger partial charge in [-0.05, 0) is 43.3 Å². The van der Waals surface area contributed by atoms with E-state index in [1.807, 2.05) is 31.2 Å². The number of nitrogens with zero attached hydrogens (tertiary/aromatic N) is 2. The monoisotopic (exact) mass is 387 g/mol. The van der Waals surface area contributed by atoms with Gasteiger partial charge in [0.2, 0.25) is 16.4 Å². The summed E-state index contributed by atoms with van der Waals surface area (Å²) in [7, 11) is -3.64. The van der Waals surface area contributed by atoms with Crippen molar-refractivity contribution in [2.75, 3.05) is 31.5 Å². The Balaban J connectivity index is 1.69. The Kier molecular flexibility index (Phi) is 5.57. The van der Waals surface area contributed by atoms with E-state index in [1.165, 1.54) is 28.6 Å². The number of carbonyl (C=O) groups excluding carboxylic acids is 2. The molecule has 8 heteroatoms. The molecule has 2 aromatic carbocycles. The van der Waals surface area contributed by atoms with Crippen molar-refractivity contribution in [3.8, 4) is 0 Å². The molecular formula is C19H21N3O4S. The molecule has 2 amide bonds. The highest BCUT2D eigenvalue weighted by Crippen LogP contribution is 2.19. The number of piperazine rings is 1. The minimum atomic E-state index is -3.64. The lowest BCUT2D eigenvalue weighted by molar-refractivity contribution is -0.119. The molecule has 1 aliphatic rings. The number of carbonyl (C=O) groups is 2. The minimum absolute atomic E-state index is 0.133. The Bertz CT molecular complexity index is 916. The summed E-state index contributed by atoms with van der Waals surface area (Å²) < 4.78 is 26.8. The number of rotatable bonds is 5. The number of nitrogens with one attached hydrogen (secondary N) is 1. The van der Waals surface area contributed by atoms with Crippen molar-refractivity contribution in [1.29, 1.82) is 0 Å². The van der Waals surface area contributed by atoms with E-state index in [4.69, 9.17) is 0 Å². The third-order valence-corrected chi connectivity index (χ3v) is 6.40. The van der Waals surface area contributed by atoms with E-state index in [-0.39, 0.29) is 23.9 Å². The van der Waals surface area contributed by atoms with Crippen molar-refractivity contribution >= 4 is 28.0 Å². The Hall–Kier alpha value is -2.71. The second-order valence-electron chi connectivity index (χ2n) is 6.39. The van der Waals surface area contributed by atoms with Crippen LogP contribution in [-0.2, 0) is 14.8 Å². The van der Waals surface area contributed by atoms with E-state index < -0.39 is 10.0 Å². The molecule has 142 valence electrons. The number of hydrogen-bond donors (Lipinski definition) is 1. The van der Waals surface area contributed by atoms with E-state index in [0.29, 0.717) is 24.3 Å². The van der Waals surface area contributed by atoms with Crippen molar-refractivity contribution in [2.45, 2.75) is 11.8 Å². The fraction of sp³-hybridized carbons (Fsp3) is 0.263. The summed E-state index contributed by atoms with van der Waals surface area (Å²) in [5.41, 5.74) is 2.15. The van der Waals surface area contributed by atoms with Crippen LogP contribution in [0.5, 0.6) is 0 Å². The van der Waals surface area contributed by atoms with Gasteiger partial charge in [0, 0.05) is 37.4 Å². The lowest BCUT2D eigenvalue weighted by Gasteiger charge is -2.31. The predicted molar refractivity (Wildman–Crippen MR) is 102 cm³/mol. The van der Waals surface area contributed by atoms with Gasteiger partial charge in [-0.3, -0.25) is 9.59 Å². The first kappa shape index (κ1) is 19.1. The summed E-state index contributed by atoms with van der Waals surface area (Å²) >= 11 is 0. The summed E-state index contributed by atoms with van der Waals surface area (Å²) in [6, 6.07) is 13.3. The fourth-order valence-corrected chi connectivity index (χ4v) is 4.24. The summed E-state index contributed by atoms with van der Waals surface area (Å²) in [6.07, 6.45) is 0.728. The first-order valence-electron chi connectivity index (χ1n) is 8.58. The molecule has 0 aromatic heterocycles. The number of sulfonamides is 1. The van der Waals surface area contributed by atoms with E-state index >= 15 is 0 Å². The fourth-order valence-electron chi connectivity index (χ4n) is 2.82. The first-order valence-corrected chi connectivity index (χ1v) is 10.0. The molecule has 0 bridgehead atoms. The highest BCUT2D eigenvalue weighted by molar-refractivity contribution is 7.89. The number of aryl methyl sites for hydroxylation is 1. The molecule has 27 heavy (non-hydrogen) atoms. The molecule has 1 N–H and O–H groups in total. The number of hydrogen-bond acceptors (Lipinski definition) is 4.